The number of rotatable bonds is 7. The van der Waals surface area contributed by atoms with Crippen molar-refractivity contribution in [1.82, 2.24) is 5.32 Å². The van der Waals surface area contributed by atoms with E-state index >= 15 is 0 Å². The van der Waals surface area contributed by atoms with Crippen molar-refractivity contribution in [3.8, 4) is 11.5 Å². The number of carbonyl (C=O) groups excluding carboxylic acids is 1. The van der Waals surface area contributed by atoms with Gasteiger partial charge in [-0.3, -0.25) is 4.79 Å². The van der Waals surface area contributed by atoms with Crippen molar-refractivity contribution in [1.29, 1.82) is 0 Å². The number of nitrogens with one attached hydrogen (secondary N) is 2. The number of hydrogen-bond donors (Lipinski definition) is 2. The van der Waals surface area contributed by atoms with E-state index in [1.807, 2.05) is 55.5 Å². The molecule has 5 heteroatoms. The molecule has 24 heavy (non-hydrogen) atoms. The van der Waals surface area contributed by atoms with Gasteiger partial charge >= 0.3 is 0 Å². The van der Waals surface area contributed by atoms with Gasteiger partial charge < -0.3 is 15.4 Å². The van der Waals surface area contributed by atoms with Crippen LogP contribution >= 0.6 is 12.4 Å². The number of aryl methyl sites for hydroxylation is 1. The Balaban J connectivity index is 0.00000208. The number of para-hydroxylation sites is 2. The number of carbonyl (C=O) groups is 1. The molecule has 0 saturated heterocycles. The molecule has 1 fully saturated rings. The van der Waals surface area contributed by atoms with Gasteiger partial charge in [0.1, 0.15) is 5.75 Å². The molecule has 0 atom stereocenters. The molecule has 1 amide bonds. The van der Waals surface area contributed by atoms with Gasteiger partial charge in [-0.15, -0.1) is 12.4 Å². The molecule has 0 bridgehead atoms. The Bertz CT molecular complexity index is 669. The van der Waals surface area contributed by atoms with Crippen molar-refractivity contribution in [3.05, 3.63) is 54.1 Å². The molecule has 2 N–H and O–H groups in total. The minimum absolute atomic E-state index is 0. The molecule has 3 rings (SSSR count). The minimum atomic E-state index is -0.0504. The van der Waals surface area contributed by atoms with Crippen LogP contribution in [0.2, 0.25) is 0 Å². The molecule has 1 saturated carbocycles. The molecule has 2 aromatic carbocycles. The first-order valence-electron chi connectivity index (χ1n) is 8.05. The Labute approximate surface area is 149 Å². The third-order valence-corrected chi connectivity index (χ3v) is 3.83. The zero-order valence-electron chi connectivity index (χ0n) is 13.7. The second-order valence-corrected chi connectivity index (χ2v) is 6.03. The average molecular weight is 347 g/mol. The quantitative estimate of drug-likeness (QED) is 0.792. The van der Waals surface area contributed by atoms with Crippen LogP contribution in [0.15, 0.2) is 48.5 Å². The normalized spacial score (nSPS) is 13.0. The molecule has 2 aromatic rings. The number of benzene rings is 2. The summed E-state index contributed by atoms with van der Waals surface area (Å²) < 4.78 is 5.88. The SMILES string of the molecule is Cc1ccc(Oc2ccccc2NC(=O)CNCC2CC2)cc1.Cl. The Hall–Kier alpha value is -2.04. The Morgan fingerprint density at radius 1 is 1.12 bits per heavy atom. The molecule has 0 aliphatic heterocycles. The molecule has 0 aromatic heterocycles. The van der Waals surface area contributed by atoms with Crippen molar-refractivity contribution in [2.75, 3.05) is 18.4 Å². The van der Waals surface area contributed by atoms with Crippen LogP contribution in [0.4, 0.5) is 5.69 Å². The summed E-state index contributed by atoms with van der Waals surface area (Å²) in [5.74, 6) is 2.11. The summed E-state index contributed by atoms with van der Waals surface area (Å²) in [6.07, 6.45) is 2.56. The number of hydrogen-bond acceptors (Lipinski definition) is 3. The highest BCUT2D eigenvalue weighted by Gasteiger charge is 2.20. The summed E-state index contributed by atoms with van der Waals surface area (Å²) in [5, 5.41) is 6.10. The summed E-state index contributed by atoms with van der Waals surface area (Å²) in [5.41, 5.74) is 1.87. The van der Waals surface area contributed by atoms with Gasteiger partial charge in [-0.2, -0.15) is 0 Å². The Morgan fingerprint density at radius 3 is 2.54 bits per heavy atom. The highest BCUT2D eigenvalue weighted by molar-refractivity contribution is 5.93. The van der Waals surface area contributed by atoms with Gasteiger partial charge in [0, 0.05) is 0 Å². The Morgan fingerprint density at radius 2 is 1.83 bits per heavy atom. The Kier molecular flexibility index (Phi) is 6.64. The van der Waals surface area contributed by atoms with Gasteiger partial charge in [-0.1, -0.05) is 29.8 Å². The fourth-order valence-electron chi connectivity index (χ4n) is 2.30. The molecular weight excluding hydrogens is 324 g/mol. The average Bonchev–Trinajstić information content (AvgIpc) is 3.36. The van der Waals surface area contributed by atoms with E-state index in [1.165, 1.54) is 18.4 Å². The number of halogens is 1. The molecular formula is C19H23ClN2O2. The summed E-state index contributed by atoms with van der Waals surface area (Å²) in [6, 6.07) is 15.3. The van der Waals surface area contributed by atoms with E-state index < -0.39 is 0 Å². The predicted octanol–water partition coefficient (Wildman–Crippen LogP) is 4.15. The summed E-state index contributed by atoms with van der Waals surface area (Å²) >= 11 is 0. The molecule has 1 aliphatic rings. The van der Waals surface area contributed by atoms with Gasteiger partial charge in [-0.05, 0) is 56.5 Å². The topological polar surface area (TPSA) is 50.4 Å². The van der Waals surface area contributed by atoms with Crippen molar-refractivity contribution < 1.29 is 9.53 Å². The third kappa shape index (κ3) is 5.55. The number of amides is 1. The zero-order valence-corrected chi connectivity index (χ0v) is 14.6. The summed E-state index contributed by atoms with van der Waals surface area (Å²) in [4.78, 5) is 12.0. The van der Waals surface area contributed by atoms with E-state index in [0.717, 1.165) is 18.2 Å². The van der Waals surface area contributed by atoms with Crippen LogP contribution in [0.1, 0.15) is 18.4 Å². The molecule has 128 valence electrons. The number of anilines is 1. The lowest BCUT2D eigenvalue weighted by atomic mass is 10.2. The van der Waals surface area contributed by atoms with E-state index in [1.54, 1.807) is 0 Å². The van der Waals surface area contributed by atoms with Crippen molar-refractivity contribution >= 4 is 24.0 Å². The lowest BCUT2D eigenvalue weighted by Gasteiger charge is -2.12. The molecule has 0 spiro atoms. The van der Waals surface area contributed by atoms with E-state index in [0.29, 0.717) is 18.0 Å². The van der Waals surface area contributed by atoms with Crippen LogP contribution in [0.3, 0.4) is 0 Å². The molecule has 1 aliphatic carbocycles. The fraction of sp³-hybridized carbons (Fsp3) is 0.316. The van der Waals surface area contributed by atoms with E-state index in [4.69, 9.17) is 4.74 Å². The maximum Gasteiger partial charge on any atom is 0.238 e. The summed E-state index contributed by atoms with van der Waals surface area (Å²) in [6.45, 7) is 3.29. The molecule has 4 nitrogen and oxygen atoms in total. The highest BCUT2D eigenvalue weighted by Crippen LogP contribution is 2.29. The van der Waals surface area contributed by atoms with Crippen LogP contribution in [-0.2, 0) is 4.79 Å². The first-order valence-corrected chi connectivity index (χ1v) is 8.05. The maximum absolute atomic E-state index is 12.0. The largest absolute Gasteiger partial charge is 0.455 e. The van der Waals surface area contributed by atoms with Gasteiger partial charge in [-0.25, -0.2) is 0 Å². The van der Waals surface area contributed by atoms with Gasteiger partial charge in [0.15, 0.2) is 5.75 Å². The number of ether oxygens (including phenoxy) is 1. The predicted molar refractivity (Wildman–Crippen MR) is 99.2 cm³/mol. The first-order chi connectivity index (χ1) is 11.2. The molecule has 0 heterocycles. The van der Waals surface area contributed by atoms with Crippen LogP contribution in [0.5, 0.6) is 11.5 Å². The first kappa shape index (κ1) is 18.3. The lowest BCUT2D eigenvalue weighted by Crippen LogP contribution is -2.29. The molecule has 0 unspecified atom stereocenters. The molecule has 0 radical (unpaired) electrons. The van der Waals surface area contributed by atoms with E-state index in [-0.39, 0.29) is 18.3 Å². The van der Waals surface area contributed by atoms with E-state index in [2.05, 4.69) is 10.6 Å². The van der Waals surface area contributed by atoms with Crippen molar-refractivity contribution in [2.24, 2.45) is 5.92 Å². The second kappa shape index (κ2) is 8.71. The summed E-state index contributed by atoms with van der Waals surface area (Å²) in [7, 11) is 0. The van der Waals surface area contributed by atoms with Crippen LogP contribution in [0, 0.1) is 12.8 Å². The van der Waals surface area contributed by atoms with Crippen LogP contribution in [-0.4, -0.2) is 19.0 Å². The minimum Gasteiger partial charge on any atom is -0.455 e. The van der Waals surface area contributed by atoms with Crippen LogP contribution < -0.4 is 15.4 Å². The van der Waals surface area contributed by atoms with E-state index in [9.17, 15) is 4.79 Å². The standard InChI is InChI=1S/C19H22N2O2.ClH/c1-14-6-10-16(11-7-14)23-18-5-3-2-4-17(18)21-19(22)13-20-12-15-8-9-15;/h2-7,10-11,15,20H,8-9,12-13H2,1H3,(H,21,22);1H. The highest BCUT2D eigenvalue weighted by atomic mass is 35.5. The van der Waals surface area contributed by atoms with Gasteiger partial charge in [0.25, 0.3) is 0 Å². The zero-order chi connectivity index (χ0) is 16.1. The second-order valence-electron chi connectivity index (χ2n) is 6.03. The van der Waals surface area contributed by atoms with Crippen LogP contribution in [0.25, 0.3) is 0 Å². The third-order valence-electron chi connectivity index (χ3n) is 3.83. The van der Waals surface area contributed by atoms with Crippen molar-refractivity contribution in [3.63, 3.8) is 0 Å². The fourth-order valence-corrected chi connectivity index (χ4v) is 2.30. The van der Waals surface area contributed by atoms with Gasteiger partial charge in [0.05, 0.1) is 12.2 Å². The monoisotopic (exact) mass is 346 g/mol. The smallest absolute Gasteiger partial charge is 0.238 e. The lowest BCUT2D eigenvalue weighted by molar-refractivity contribution is -0.115. The van der Waals surface area contributed by atoms with Crippen molar-refractivity contribution in [2.45, 2.75) is 19.8 Å². The maximum atomic E-state index is 12.0. The van der Waals surface area contributed by atoms with Gasteiger partial charge in [0.2, 0.25) is 5.91 Å².